The summed E-state index contributed by atoms with van der Waals surface area (Å²) in [5, 5.41) is 0.347. The Kier molecular flexibility index (Phi) is 2.45. The molecule has 0 bridgehead atoms. The Morgan fingerprint density at radius 1 is 1.31 bits per heavy atom. The average molecular weight is 198 g/mol. The molecule has 2 unspecified atom stereocenters. The zero-order valence-electron chi connectivity index (χ0n) is 9.86. The van der Waals surface area contributed by atoms with E-state index in [9.17, 15) is 0 Å². The van der Waals surface area contributed by atoms with Crippen LogP contribution in [0.3, 0.4) is 0 Å². The van der Waals surface area contributed by atoms with Crippen molar-refractivity contribution < 1.29 is 0 Å². The molecule has 1 heteroatoms. The fourth-order valence-corrected chi connectivity index (χ4v) is 2.26. The van der Waals surface area contributed by atoms with Crippen LogP contribution >= 0.6 is 9.24 Å². The molecule has 1 saturated carbocycles. The molecule has 0 aromatic carbocycles. The van der Waals surface area contributed by atoms with Crippen molar-refractivity contribution in [2.75, 3.05) is 0 Å². The summed E-state index contributed by atoms with van der Waals surface area (Å²) in [5.41, 5.74) is 2.36. The number of hydrogen-bond donors (Lipinski definition) is 0. The third-order valence-electron chi connectivity index (χ3n) is 3.92. The van der Waals surface area contributed by atoms with Crippen molar-refractivity contribution in [2.45, 2.75) is 53.1 Å². The Labute approximate surface area is 85.4 Å². The van der Waals surface area contributed by atoms with Crippen LogP contribution in [0.2, 0.25) is 0 Å². The van der Waals surface area contributed by atoms with Crippen LogP contribution in [-0.2, 0) is 0 Å². The zero-order chi connectivity index (χ0) is 10.5. The Balaban J connectivity index is 2.90. The first-order valence-corrected chi connectivity index (χ1v) is 5.75. The molecule has 1 aliphatic carbocycles. The zero-order valence-corrected chi connectivity index (χ0v) is 11.0. The lowest BCUT2D eigenvalue weighted by Crippen LogP contribution is -2.05. The summed E-state index contributed by atoms with van der Waals surface area (Å²) in [4.78, 5) is 0. The molecule has 13 heavy (non-hydrogen) atoms. The summed E-state index contributed by atoms with van der Waals surface area (Å²) in [6.07, 6.45) is 3.69. The Morgan fingerprint density at radius 2 is 1.69 bits per heavy atom. The molecule has 1 rings (SSSR count). The second kappa shape index (κ2) is 2.83. The molecule has 0 N–H and O–H groups in total. The second-order valence-electron chi connectivity index (χ2n) is 5.73. The maximum Gasteiger partial charge on any atom is 0.0122 e. The van der Waals surface area contributed by atoms with Gasteiger partial charge in [-0.1, -0.05) is 53.2 Å². The molecule has 0 aromatic rings. The quantitative estimate of drug-likeness (QED) is 0.464. The first kappa shape index (κ1) is 11.2. The van der Waals surface area contributed by atoms with Crippen LogP contribution in [0, 0.1) is 10.8 Å². The van der Waals surface area contributed by atoms with Gasteiger partial charge in [-0.2, -0.15) is 0 Å². The fourth-order valence-electron chi connectivity index (χ4n) is 1.74. The Morgan fingerprint density at radius 3 is 1.92 bits per heavy atom. The molecule has 0 heterocycles. The lowest BCUT2D eigenvalue weighted by molar-refractivity contribution is 0.459. The molecule has 76 valence electrons. The van der Waals surface area contributed by atoms with Gasteiger partial charge >= 0.3 is 0 Å². The number of rotatable bonds is 2. The average Bonchev–Trinajstić information content (AvgIpc) is 2.33. The molecule has 1 aliphatic rings. The number of allylic oxidation sites excluding steroid dienone is 2. The third kappa shape index (κ3) is 1.71. The van der Waals surface area contributed by atoms with Gasteiger partial charge < -0.3 is 0 Å². The van der Waals surface area contributed by atoms with E-state index >= 15 is 0 Å². The predicted octanol–water partition coefficient (Wildman–Crippen LogP) is 4.02. The van der Waals surface area contributed by atoms with E-state index in [0.717, 1.165) is 0 Å². The summed E-state index contributed by atoms with van der Waals surface area (Å²) in [6, 6.07) is 0. The first-order valence-electron chi connectivity index (χ1n) is 5.18. The van der Waals surface area contributed by atoms with E-state index in [1.807, 2.05) is 0 Å². The van der Waals surface area contributed by atoms with E-state index in [-0.39, 0.29) is 0 Å². The highest BCUT2D eigenvalue weighted by atomic mass is 31.0. The highest BCUT2D eigenvalue weighted by Gasteiger charge is 2.60. The van der Waals surface area contributed by atoms with Crippen LogP contribution in [0.25, 0.3) is 0 Å². The first-order chi connectivity index (χ1) is 5.65. The molecule has 2 atom stereocenters. The standard InChI is InChI=1S/C12H23P/c1-7-10(2,3)8-9-11(4,5)12(9,6)13/h8H,7,13H2,1-6H3/b9-8-. The van der Waals surface area contributed by atoms with Gasteiger partial charge in [-0.3, -0.25) is 0 Å². The minimum absolute atomic E-state index is 0.347. The van der Waals surface area contributed by atoms with Gasteiger partial charge in [0.05, 0.1) is 0 Å². The topological polar surface area (TPSA) is 0 Å². The largest absolute Gasteiger partial charge is 0.126 e. The summed E-state index contributed by atoms with van der Waals surface area (Å²) in [5.74, 6) is 0. The van der Waals surface area contributed by atoms with Crippen LogP contribution in [0.5, 0.6) is 0 Å². The summed E-state index contributed by atoms with van der Waals surface area (Å²) >= 11 is 0. The van der Waals surface area contributed by atoms with Crippen LogP contribution in [0.4, 0.5) is 0 Å². The maximum absolute atomic E-state index is 2.99. The van der Waals surface area contributed by atoms with E-state index in [0.29, 0.717) is 16.0 Å². The predicted molar refractivity (Wildman–Crippen MR) is 64.1 cm³/mol. The molecule has 0 amide bonds. The van der Waals surface area contributed by atoms with Crippen LogP contribution < -0.4 is 0 Å². The van der Waals surface area contributed by atoms with Gasteiger partial charge in [0.25, 0.3) is 0 Å². The van der Waals surface area contributed by atoms with Crippen LogP contribution in [-0.4, -0.2) is 5.16 Å². The van der Waals surface area contributed by atoms with E-state index in [4.69, 9.17) is 0 Å². The fraction of sp³-hybridized carbons (Fsp3) is 0.833. The summed E-state index contributed by atoms with van der Waals surface area (Å²) < 4.78 is 0. The van der Waals surface area contributed by atoms with E-state index in [1.54, 1.807) is 5.57 Å². The lowest BCUT2D eigenvalue weighted by atomic mass is 9.89. The SMILES string of the molecule is CCC(C)(C)/C=C1/C(C)(C)C1(C)P. The van der Waals surface area contributed by atoms with Crippen molar-refractivity contribution >= 4 is 9.24 Å². The van der Waals surface area contributed by atoms with Crippen molar-refractivity contribution in [1.29, 1.82) is 0 Å². The van der Waals surface area contributed by atoms with Crippen LogP contribution in [0.1, 0.15) is 48.0 Å². The molecular formula is C12H23P. The van der Waals surface area contributed by atoms with Crippen LogP contribution in [0.15, 0.2) is 11.6 Å². The summed E-state index contributed by atoms with van der Waals surface area (Å²) in [6.45, 7) is 13.9. The minimum Gasteiger partial charge on any atom is -0.126 e. The van der Waals surface area contributed by atoms with Gasteiger partial charge in [-0.05, 0) is 17.3 Å². The van der Waals surface area contributed by atoms with E-state index in [2.05, 4.69) is 56.9 Å². The lowest BCUT2D eigenvalue weighted by Gasteiger charge is -2.17. The highest BCUT2D eigenvalue weighted by Crippen LogP contribution is 2.67. The Hall–Kier alpha value is 0.170. The monoisotopic (exact) mass is 198 g/mol. The van der Waals surface area contributed by atoms with Gasteiger partial charge in [0.1, 0.15) is 0 Å². The smallest absolute Gasteiger partial charge is 0.0122 e. The van der Waals surface area contributed by atoms with Crippen molar-refractivity contribution in [3.05, 3.63) is 11.6 Å². The Bertz CT molecular complexity index is 228. The normalized spacial score (nSPS) is 35.2. The molecule has 0 spiro atoms. The molecule has 1 fully saturated rings. The van der Waals surface area contributed by atoms with Gasteiger partial charge in [0.15, 0.2) is 0 Å². The van der Waals surface area contributed by atoms with Gasteiger partial charge in [-0.25, -0.2) is 0 Å². The van der Waals surface area contributed by atoms with Gasteiger partial charge in [-0.15, -0.1) is 9.24 Å². The highest BCUT2D eigenvalue weighted by molar-refractivity contribution is 7.20. The third-order valence-corrected chi connectivity index (χ3v) is 4.95. The molecule has 0 saturated heterocycles. The molecule has 0 nitrogen and oxygen atoms in total. The molecule has 0 aliphatic heterocycles. The van der Waals surface area contributed by atoms with Crippen molar-refractivity contribution in [3.8, 4) is 0 Å². The van der Waals surface area contributed by atoms with Crippen molar-refractivity contribution in [1.82, 2.24) is 0 Å². The van der Waals surface area contributed by atoms with Crippen molar-refractivity contribution in [2.24, 2.45) is 10.8 Å². The second-order valence-corrected chi connectivity index (χ2v) is 6.88. The summed E-state index contributed by atoms with van der Waals surface area (Å²) in [7, 11) is 2.99. The number of hydrogen-bond acceptors (Lipinski definition) is 0. The molecular weight excluding hydrogens is 175 g/mol. The van der Waals surface area contributed by atoms with E-state index in [1.165, 1.54) is 6.42 Å². The van der Waals surface area contributed by atoms with E-state index < -0.39 is 0 Å². The van der Waals surface area contributed by atoms with Gasteiger partial charge in [0.2, 0.25) is 0 Å². The maximum atomic E-state index is 2.99. The van der Waals surface area contributed by atoms with Crippen molar-refractivity contribution in [3.63, 3.8) is 0 Å². The molecule has 0 aromatic heterocycles. The molecule has 0 radical (unpaired) electrons. The minimum atomic E-state index is 0.347. The van der Waals surface area contributed by atoms with Gasteiger partial charge in [0, 0.05) is 5.16 Å².